The Kier molecular flexibility index (Phi) is 3.40. The molecular formula is C17H16N4O. The summed E-state index contributed by atoms with van der Waals surface area (Å²) in [5.41, 5.74) is 2.90. The Hall–Kier alpha value is -2.53. The van der Waals surface area contributed by atoms with E-state index in [2.05, 4.69) is 32.2 Å². The van der Waals surface area contributed by atoms with Crippen LogP contribution in [0.1, 0.15) is 0 Å². The standard InChI is InChI=1S/C17H16N4O/c1-3-14(13-4-2-8-18-15(13)5-1)16-6-7-17(20-19-16)21-9-11-22-12-10-21/h1-8H,9-12H2. The molecule has 4 rings (SSSR count). The fraction of sp³-hybridized carbons (Fsp3) is 0.235. The molecule has 5 nitrogen and oxygen atoms in total. The lowest BCUT2D eigenvalue weighted by atomic mass is 10.1. The van der Waals surface area contributed by atoms with Crippen molar-refractivity contribution in [1.82, 2.24) is 15.2 Å². The summed E-state index contributed by atoms with van der Waals surface area (Å²) in [6.07, 6.45) is 1.80. The molecule has 1 aromatic carbocycles. The third kappa shape index (κ3) is 2.40. The molecule has 110 valence electrons. The van der Waals surface area contributed by atoms with Crippen LogP contribution >= 0.6 is 0 Å². The number of morpholine rings is 1. The van der Waals surface area contributed by atoms with E-state index in [-0.39, 0.29) is 0 Å². The van der Waals surface area contributed by atoms with Crippen molar-refractivity contribution in [2.45, 2.75) is 0 Å². The Balaban J connectivity index is 1.70. The van der Waals surface area contributed by atoms with Crippen LogP contribution in [-0.2, 0) is 4.74 Å². The first-order valence-corrected chi connectivity index (χ1v) is 7.42. The van der Waals surface area contributed by atoms with Gasteiger partial charge < -0.3 is 9.64 Å². The first kappa shape index (κ1) is 13.2. The van der Waals surface area contributed by atoms with E-state index in [9.17, 15) is 0 Å². The largest absolute Gasteiger partial charge is 0.378 e. The average Bonchev–Trinajstić information content (AvgIpc) is 2.62. The van der Waals surface area contributed by atoms with Crippen LogP contribution in [0.5, 0.6) is 0 Å². The highest BCUT2D eigenvalue weighted by molar-refractivity contribution is 5.93. The van der Waals surface area contributed by atoms with Gasteiger partial charge in [0.1, 0.15) is 0 Å². The summed E-state index contributed by atoms with van der Waals surface area (Å²) < 4.78 is 5.37. The zero-order valence-electron chi connectivity index (χ0n) is 12.1. The number of anilines is 1. The lowest BCUT2D eigenvalue weighted by Gasteiger charge is -2.27. The van der Waals surface area contributed by atoms with Crippen LogP contribution in [-0.4, -0.2) is 41.5 Å². The molecule has 1 saturated heterocycles. The van der Waals surface area contributed by atoms with E-state index < -0.39 is 0 Å². The molecule has 1 fully saturated rings. The third-order valence-electron chi connectivity index (χ3n) is 3.91. The molecule has 0 saturated carbocycles. The number of nitrogens with zero attached hydrogens (tertiary/aromatic N) is 4. The second kappa shape index (κ2) is 5.69. The molecule has 0 spiro atoms. The van der Waals surface area contributed by atoms with Gasteiger partial charge in [-0.1, -0.05) is 18.2 Å². The molecule has 0 aliphatic carbocycles. The average molecular weight is 292 g/mol. The van der Waals surface area contributed by atoms with Crippen molar-refractivity contribution in [2.24, 2.45) is 0 Å². The highest BCUT2D eigenvalue weighted by atomic mass is 16.5. The molecule has 0 unspecified atom stereocenters. The number of pyridine rings is 1. The lowest BCUT2D eigenvalue weighted by Crippen LogP contribution is -2.36. The van der Waals surface area contributed by atoms with Gasteiger partial charge in [0.15, 0.2) is 5.82 Å². The number of ether oxygens (including phenoxy) is 1. The summed E-state index contributed by atoms with van der Waals surface area (Å²) in [5.74, 6) is 0.908. The first-order chi connectivity index (χ1) is 10.9. The first-order valence-electron chi connectivity index (χ1n) is 7.42. The van der Waals surface area contributed by atoms with Crippen molar-refractivity contribution in [3.05, 3.63) is 48.7 Å². The van der Waals surface area contributed by atoms with E-state index in [4.69, 9.17) is 4.74 Å². The molecule has 0 atom stereocenters. The zero-order chi connectivity index (χ0) is 14.8. The Morgan fingerprint density at radius 1 is 0.909 bits per heavy atom. The number of aromatic nitrogens is 3. The van der Waals surface area contributed by atoms with Crippen LogP contribution in [0.3, 0.4) is 0 Å². The van der Waals surface area contributed by atoms with E-state index in [0.717, 1.165) is 54.3 Å². The molecule has 0 bridgehead atoms. The number of fused-ring (bicyclic) bond motifs is 1. The maximum Gasteiger partial charge on any atom is 0.151 e. The molecule has 1 aliphatic heterocycles. The van der Waals surface area contributed by atoms with Crippen LogP contribution < -0.4 is 4.90 Å². The molecule has 2 aromatic heterocycles. The molecule has 3 aromatic rings. The Morgan fingerprint density at radius 3 is 2.64 bits per heavy atom. The number of hydrogen-bond acceptors (Lipinski definition) is 5. The Labute approximate surface area is 128 Å². The summed E-state index contributed by atoms with van der Waals surface area (Å²) in [6, 6.07) is 14.1. The van der Waals surface area contributed by atoms with Crippen molar-refractivity contribution >= 4 is 16.7 Å². The molecule has 0 N–H and O–H groups in total. The normalized spacial score (nSPS) is 15.2. The highest BCUT2D eigenvalue weighted by Crippen LogP contribution is 2.26. The van der Waals surface area contributed by atoms with Crippen LogP contribution in [0.4, 0.5) is 5.82 Å². The van der Waals surface area contributed by atoms with Crippen molar-refractivity contribution < 1.29 is 4.74 Å². The minimum atomic E-state index is 0.748. The van der Waals surface area contributed by atoms with Gasteiger partial charge in [0.25, 0.3) is 0 Å². The lowest BCUT2D eigenvalue weighted by molar-refractivity contribution is 0.122. The summed E-state index contributed by atoms with van der Waals surface area (Å²) in [6.45, 7) is 3.23. The fourth-order valence-electron chi connectivity index (χ4n) is 2.76. The predicted molar refractivity (Wildman–Crippen MR) is 85.8 cm³/mol. The van der Waals surface area contributed by atoms with Gasteiger partial charge >= 0.3 is 0 Å². The van der Waals surface area contributed by atoms with Crippen LogP contribution in [0.15, 0.2) is 48.7 Å². The van der Waals surface area contributed by atoms with Gasteiger partial charge in [0, 0.05) is 30.2 Å². The molecule has 3 heterocycles. The maximum absolute atomic E-state index is 5.37. The molecule has 5 heteroatoms. The second-order valence-corrected chi connectivity index (χ2v) is 5.25. The molecule has 0 radical (unpaired) electrons. The van der Waals surface area contributed by atoms with Crippen LogP contribution in [0.2, 0.25) is 0 Å². The van der Waals surface area contributed by atoms with E-state index in [1.807, 2.05) is 30.3 Å². The Bertz CT molecular complexity index is 777. The molecule has 1 aliphatic rings. The van der Waals surface area contributed by atoms with Gasteiger partial charge in [0.05, 0.1) is 24.4 Å². The Morgan fingerprint density at radius 2 is 1.82 bits per heavy atom. The topological polar surface area (TPSA) is 51.1 Å². The molecular weight excluding hydrogens is 276 g/mol. The van der Waals surface area contributed by atoms with Crippen LogP contribution in [0.25, 0.3) is 22.2 Å². The monoisotopic (exact) mass is 292 g/mol. The quantitative estimate of drug-likeness (QED) is 0.726. The highest BCUT2D eigenvalue weighted by Gasteiger charge is 2.13. The number of hydrogen-bond donors (Lipinski definition) is 0. The van der Waals surface area contributed by atoms with Crippen molar-refractivity contribution in [1.29, 1.82) is 0 Å². The van der Waals surface area contributed by atoms with Crippen molar-refractivity contribution in [3.63, 3.8) is 0 Å². The molecule has 22 heavy (non-hydrogen) atoms. The summed E-state index contributed by atoms with van der Waals surface area (Å²) >= 11 is 0. The summed E-state index contributed by atoms with van der Waals surface area (Å²) in [7, 11) is 0. The van der Waals surface area contributed by atoms with Crippen molar-refractivity contribution in [2.75, 3.05) is 31.2 Å². The minimum Gasteiger partial charge on any atom is -0.378 e. The van der Waals surface area contributed by atoms with E-state index in [0.29, 0.717) is 0 Å². The molecule has 0 amide bonds. The third-order valence-corrected chi connectivity index (χ3v) is 3.91. The minimum absolute atomic E-state index is 0.748. The number of rotatable bonds is 2. The SMILES string of the molecule is c1cc(-c2ccc(N3CCOCC3)nn2)c2cccnc2c1. The van der Waals surface area contributed by atoms with Gasteiger partial charge in [-0.25, -0.2) is 0 Å². The second-order valence-electron chi connectivity index (χ2n) is 5.25. The van der Waals surface area contributed by atoms with E-state index in [1.54, 1.807) is 6.20 Å². The summed E-state index contributed by atoms with van der Waals surface area (Å²) in [5, 5.41) is 9.90. The predicted octanol–water partition coefficient (Wildman–Crippen LogP) is 2.53. The van der Waals surface area contributed by atoms with E-state index >= 15 is 0 Å². The summed E-state index contributed by atoms with van der Waals surface area (Å²) in [4.78, 5) is 6.59. The van der Waals surface area contributed by atoms with Gasteiger partial charge in [-0.3, -0.25) is 4.98 Å². The smallest absolute Gasteiger partial charge is 0.151 e. The van der Waals surface area contributed by atoms with Gasteiger partial charge in [-0.15, -0.1) is 10.2 Å². The van der Waals surface area contributed by atoms with Gasteiger partial charge in [0.2, 0.25) is 0 Å². The van der Waals surface area contributed by atoms with Crippen LogP contribution in [0, 0.1) is 0 Å². The van der Waals surface area contributed by atoms with Crippen molar-refractivity contribution in [3.8, 4) is 11.3 Å². The number of benzene rings is 1. The zero-order valence-corrected chi connectivity index (χ0v) is 12.1. The maximum atomic E-state index is 5.37. The fourth-order valence-corrected chi connectivity index (χ4v) is 2.76. The van der Waals surface area contributed by atoms with Gasteiger partial charge in [-0.05, 0) is 24.3 Å². The van der Waals surface area contributed by atoms with Gasteiger partial charge in [-0.2, -0.15) is 0 Å². The van der Waals surface area contributed by atoms with E-state index in [1.165, 1.54) is 0 Å².